The van der Waals surface area contributed by atoms with Gasteiger partial charge in [0.15, 0.2) is 11.0 Å². The number of halogens is 1. The van der Waals surface area contributed by atoms with E-state index in [4.69, 9.17) is 11.6 Å². The SMILES string of the molecule is CCn1c(SCC(=O)Nc2cc(C)ccc2C)nnc1-c1cccc(Cl)c1. The number of nitrogens with one attached hydrogen (secondary N) is 1. The van der Waals surface area contributed by atoms with Gasteiger partial charge in [-0.15, -0.1) is 10.2 Å². The van der Waals surface area contributed by atoms with Gasteiger partial charge in [-0.25, -0.2) is 0 Å². The monoisotopic (exact) mass is 400 g/mol. The summed E-state index contributed by atoms with van der Waals surface area (Å²) >= 11 is 7.46. The molecule has 0 radical (unpaired) electrons. The fraction of sp³-hybridized carbons (Fsp3) is 0.250. The Morgan fingerprint density at radius 2 is 2.00 bits per heavy atom. The highest BCUT2D eigenvalue weighted by molar-refractivity contribution is 7.99. The number of thioether (sulfide) groups is 1. The van der Waals surface area contributed by atoms with Gasteiger partial charge in [0, 0.05) is 22.8 Å². The quantitative estimate of drug-likeness (QED) is 0.593. The topological polar surface area (TPSA) is 59.8 Å². The standard InChI is InChI=1S/C20H21ClN4OS/c1-4-25-19(15-6-5-7-16(21)11-15)23-24-20(25)27-12-18(26)22-17-10-13(2)8-9-14(17)3/h5-11H,4,12H2,1-3H3,(H,22,26). The lowest BCUT2D eigenvalue weighted by molar-refractivity contribution is -0.113. The first-order valence-electron chi connectivity index (χ1n) is 8.67. The summed E-state index contributed by atoms with van der Waals surface area (Å²) in [6, 6.07) is 13.5. The third kappa shape index (κ3) is 4.70. The average Bonchev–Trinajstić information content (AvgIpc) is 3.06. The molecule has 1 amide bonds. The van der Waals surface area contributed by atoms with E-state index in [1.165, 1.54) is 11.8 Å². The van der Waals surface area contributed by atoms with Crippen LogP contribution in [0.15, 0.2) is 47.6 Å². The van der Waals surface area contributed by atoms with E-state index < -0.39 is 0 Å². The number of nitrogens with zero attached hydrogens (tertiary/aromatic N) is 3. The fourth-order valence-corrected chi connectivity index (χ4v) is 3.70. The van der Waals surface area contributed by atoms with E-state index in [0.29, 0.717) is 16.7 Å². The molecule has 5 nitrogen and oxygen atoms in total. The Morgan fingerprint density at radius 3 is 2.74 bits per heavy atom. The number of aromatic nitrogens is 3. The maximum Gasteiger partial charge on any atom is 0.234 e. The number of amides is 1. The van der Waals surface area contributed by atoms with Crippen LogP contribution in [0.2, 0.25) is 5.02 Å². The summed E-state index contributed by atoms with van der Waals surface area (Å²) in [5.41, 5.74) is 3.90. The molecule has 0 bridgehead atoms. The summed E-state index contributed by atoms with van der Waals surface area (Å²) in [5, 5.41) is 12.9. The van der Waals surface area contributed by atoms with Gasteiger partial charge in [-0.3, -0.25) is 4.79 Å². The van der Waals surface area contributed by atoms with Crippen LogP contribution in [0.25, 0.3) is 11.4 Å². The van der Waals surface area contributed by atoms with Crippen LogP contribution in [-0.2, 0) is 11.3 Å². The second-order valence-electron chi connectivity index (χ2n) is 6.22. The van der Waals surface area contributed by atoms with Gasteiger partial charge in [0.05, 0.1) is 5.75 Å². The molecule has 0 aliphatic rings. The van der Waals surface area contributed by atoms with E-state index in [9.17, 15) is 4.79 Å². The molecule has 0 atom stereocenters. The van der Waals surface area contributed by atoms with Crippen LogP contribution < -0.4 is 5.32 Å². The zero-order chi connectivity index (χ0) is 19.4. The molecule has 1 aromatic heterocycles. The van der Waals surface area contributed by atoms with E-state index in [2.05, 4.69) is 15.5 Å². The summed E-state index contributed by atoms with van der Waals surface area (Å²) in [4.78, 5) is 12.4. The molecule has 3 aromatic rings. The van der Waals surface area contributed by atoms with Crippen molar-refractivity contribution in [2.75, 3.05) is 11.1 Å². The van der Waals surface area contributed by atoms with Gasteiger partial charge in [-0.2, -0.15) is 0 Å². The lowest BCUT2D eigenvalue weighted by Gasteiger charge is -2.10. The molecule has 0 aliphatic heterocycles. The Bertz CT molecular complexity index is 970. The van der Waals surface area contributed by atoms with Crippen LogP contribution in [0, 0.1) is 13.8 Å². The van der Waals surface area contributed by atoms with Crippen molar-refractivity contribution in [1.82, 2.24) is 14.8 Å². The molecular formula is C20H21ClN4OS. The molecule has 0 spiro atoms. The molecule has 0 fully saturated rings. The number of hydrogen-bond donors (Lipinski definition) is 1. The Balaban J connectivity index is 1.71. The minimum Gasteiger partial charge on any atom is -0.325 e. The normalized spacial score (nSPS) is 10.8. The van der Waals surface area contributed by atoms with Crippen molar-refractivity contribution in [3.05, 3.63) is 58.6 Å². The summed E-state index contributed by atoms with van der Waals surface area (Å²) in [6.45, 7) is 6.71. The van der Waals surface area contributed by atoms with Crippen molar-refractivity contribution >= 4 is 35.0 Å². The van der Waals surface area contributed by atoms with Crippen molar-refractivity contribution in [2.24, 2.45) is 0 Å². The van der Waals surface area contributed by atoms with Crippen LogP contribution in [0.1, 0.15) is 18.1 Å². The number of benzene rings is 2. The summed E-state index contributed by atoms with van der Waals surface area (Å²) < 4.78 is 1.99. The third-order valence-electron chi connectivity index (χ3n) is 4.12. The van der Waals surface area contributed by atoms with Gasteiger partial charge < -0.3 is 9.88 Å². The molecule has 2 aromatic carbocycles. The highest BCUT2D eigenvalue weighted by atomic mass is 35.5. The molecule has 0 saturated heterocycles. The minimum absolute atomic E-state index is 0.0661. The largest absolute Gasteiger partial charge is 0.325 e. The summed E-state index contributed by atoms with van der Waals surface area (Å²) in [5.74, 6) is 0.947. The first-order chi connectivity index (χ1) is 13.0. The van der Waals surface area contributed by atoms with Gasteiger partial charge in [-0.1, -0.05) is 47.6 Å². The number of carbonyl (C=O) groups is 1. The fourth-order valence-electron chi connectivity index (χ4n) is 2.71. The number of rotatable bonds is 6. The molecule has 7 heteroatoms. The van der Waals surface area contributed by atoms with E-state index in [1.54, 1.807) is 0 Å². The smallest absolute Gasteiger partial charge is 0.234 e. The van der Waals surface area contributed by atoms with Crippen molar-refractivity contribution in [2.45, 2.75) is 32.5 Å². The van der Waals surface area contributed by atoms with Crippen molar-refractivity contribution < 1.29 is 4.79 Å². The van der Waals surface area contributed by atoms with Crippen molar-refractivity contribution in [3.63, 3.8) is 0 Å². The highest BCUT2D eigenvalue weighted by Gasteiger charge is 2.15. The molecule has 1 N–H and O–H groups in total. The number of hydrogen-bond acceptors (Lipinski definition) is 4. The molecule has 0 aliphatic carbocycles. The van der Waals surface area contributed by atoms with Gasteiger partial charge in [-0.05, 0) is 50.1 Å². The summed E-state index contributed by atoms with van der Waals surface area (Å²) in [6.07, 6.45) is 0. The maximum atomic E-state index is 12.4. The molecule has 27 heavy (non-hydrogen) atoms. The van der Waals surface area contributed by atoms with E-state index >= 15 is 0 Å². The Morgan fingerprint density at radius 1 is 1.19 bits per heavy atom. The van der Waals surface area contributed by atoms with E-state index in [-0.39, 0.29) is 11.7 Å². The molecule has 140 valence electrons. The van der Waals surface area contributed by atoms with Crippen LogP contribution in [0.5, 0.6) is 0 Å². The number of carbonyl (C=O) groups excluding carboxylic acids is 1. The van der Waals surface area contributed by atoms with Crippen LogP contribution in [0.4, 0.5) is 5.69 Å². The maximum absolute atomic E-state index is 12.4. The molecule has 0 saturated carbocycles. The lowest BCUT2D eigenvalue weighted by Crippen LogP contribution is -2.15. The number of anilines is 1. The zero-order valence-electron chi connectivity index (χ0n) is 15.5. The minimum atomic E-state index is -0.0661. The van der Waals surface area contributed by atoms with Crippen molar-refractivity contribution in [3.8, 4) is 11.4 Å². The summed E-state index contributed by atoms with van der Waals surface area (Å²) in [7, 11) is 0. The second kappa shape index (κ2) is 8.59. The van der Waals surface area contributed by atoms with Gasteiger partial charge >= 0.3 is 0 Å². The highest BCUT2D eigenvalue weighted by Crippen LogP contribution is 2.26. The zero-order valence-corrected chi connectivity index (χ0v) is 17.1. The first-order valence-corrected chi connectivity index (χ1v) is 10.0. The second-order valence-corrected chi connectivity index (χ2v) is 7.59. The van der Waals surface area contributed by atoms with Crippen LogP contribution in [-0.4, -0.2) is 26.4 Å². The van der Waals surface area contributed by atoms with Crippen molar-refractivity contribution in [1.29, 1.82) is 0 Å². The third-order valence-corrected chi connectivity index (χ3v) is 5.32. The van der Waals surface area contributed by atoms with E-state index in [1.807, 2.05) is 67.8 Å². The molecule has 3 rings (SSSR count). The Kier molecular flexibility index (Phi) is 6.19. The number of aryl methyl sites for hydroxylation is 2. The van der Waals surface area contributed by atoms with Gasteiger partial charge in [0.1, 0.15) is 0 Å². The van der Waals surface area contributed by atoms with Gasteiger partial charge in [0.25, 0.3) is 0 Å². The van der Waals surface area contributed by atoms with E-state index in [0.717, 1.165) is 28.2 Å². The van der Waals surface area contributed by atoms with Gasteiger partial charge in [0.2, 0.25) is 5.91 Å². The lowest BCUT2D eigenvalue weighted by atomic mass is 10.1. The first kappa shape index (κ1) is 19.5. The molecular weight excluding hydrogens is 380 g/mol. The van der Waals surface area contributed by atoms with Crippen LogP contribution >= 0.6 is 23.4 Å². The van der Waals surface area contributed by atoms with Crippen LogP contribution in [0.3, 0.4) is 0 Å². The average molecular weight is 401 g/mol. The Labute approximate surface area is 168 Å². The predicted octanol–water partition coefficient (Wildman–Crippen LogP) is 4.97. The molecule has 1 heterocycles. The Hall–Kier alpha value is -2.31. The predicted molar refractivity (Wildman–Crippen MR) is 111 cm³/mol. The molecule has 0 unspecified atom stereocenters.